The highest BCUT2D eigenvalue weighted by Gasteiger charge is 2.32. The highest BCUT2D eigenvalue weighted by molar-refractivity contribution is 5.99. The van der Waals surface area contributed by atoms with E-state index in [9.17, 15) is 50.6 Å². The Hall–Kier alpha value is -6.98. The molecule has 0 spiro atoms. The zero-order chi connectivity index (χ0) is 45.8. The van der Waals surface area contributed by atoms with Gasteiger partial charge in [0.15, 0.2) is 0 Å². The molecule has 0 saturated heterocycles. The number of esters is 3. The highest BCUT2D eigenvalue weighted by Crippen LogP contribution is 2.33. The van der Waals surface area contributed by atoms with Gasteiger partial charge < -0.3 is 38.3 Å². The van der Waals surface area contributed by atoms with E-state index in [-0.39, 0.29) is 39.7 Å². The molecule has 0 radical (unpaired) electrons. The summed E-state index contributed by atoms with van der Waals surface area (Å²) in [5, 5.41) is 9.57. The second-order valence-corrected chi connectivity index (χ2v) is 14.2. The quantitative estimate of drug-likeness (QED) is 0.0624. The molecule has 1 N–H and O–H groups in total. The maximum absolute atomic E-state index is 12.3. The molecule has 4 aromatic carbocycles. The Balaban J connectivity index is 0.000000325. The van der Waals surface area contributed by atoms with Gasteiger partial charge in [0.25, 0.3) is 0 Å². The molecule has 0 aliphatic heterocycles. The number of carboxylic acid groups (broad SMARTS) is 1. The summed E-state index contributed by atoms with van der Waals surface area (Å²) in [4.78, 5) is 47.9. The van der Waals surface area contributed by atoms with Crippen LogP contribution in [0.3, 0.4) is 0 Å². The summed E-state index contributed by atoms with van der Waals surface area (Å²) in [5.74, 6) is -3.86. The summed E-state index contributed by atoms with van der Waals surface area (Å²) >= 11 is 0. The van der Waals surface area contributed by atoms with Crippen molar-refractivity contribution in [1.29, 1.82) is 0 Å². The van der Waals surface area contributed by atoms with Crippen molar-refractivity contribution in [3.63, 3.8) is 0 Å². The number of aromatic carboxylic acids is 1. The maximum atomic E-state index is 12.3. The van der Waals surface area contributed by atoms with Crippen molar-refractivity contribution in [2.75, 3.05) is 7.11 Å². The number of benzene rings is 4. The molecule has 4 aromatic rings. The largest absolute Gasteiger partial charge is 0.573 e. The van der Waals surface area contributed by atoms with Gasteiger partial charge in [0.1, 0.15) is 56.8 Å². The van der Waals surface area contributed by atoms with Crippen molar-refractivity contribution in [1.82, 2.24) is 0 Å². The Morgan fingerprint density at radius 2 is 0.869 bits per heavy atom. The van der Waals surface area contributed by atoms with Crippen molar-refractivity contribution < 1.29 is 83.8 Å². The molecule has 4 rings (SSSR count). The van der Waals surface area contributed by atoms with Crippen LogP contribution in [-0.4, -0.2) is 60.0 Å². The van der Waals surface area contributed by atoms with Crippen molar-refractivity contribution in [3.8, 4) is 34.5 Å². The molecule has 12 nitrogen and oxygen atoms in total. The third kappa shape index (κ3) is 17.4. The number of alkyl halides is 6. The van der Waals surface area contributed by atoms with Crippen LogP contribution >= 0.6 is 0 Å². The molecule has 0 atom stereocenters. The van der Waals surface area contributed by atoms with Crippen LogP contribution in [0, 0.1) is 0 Å². The molecule has 0 aliphatic carbocycles. The van der Waals surface area contributed by atoms with Gasteiger partial charge in [-0.3, -0.25) is 0 Å². The fraction of sp³-hybridized carbons (Fsp3) is 0.256. The van der Waals surface area contributed by atoms with Crippen LogP contribution in [0.4, 0.5) is 26.3 Å². The summed E-state index contributed by atoms with van der Waals surface area (Å²) in [6.45, 7) is 10.2. The molecular formula is C43H40F6O12. The van der Waals surface area contributed by atoms with Gasteiger partial charge in [-0.05, 0) is 125 Å². The number of hydrogen-bond acceptors (Lipinski definition) is 11. The van der Waals surface area contributed by atoms with E-state index in [0.717, 1.165) is 30.3 Å². The molecular weight excluding hydrogens is 822 g/mol. The number of ether oxygens (including phenoxy) is 7. The minimum absolute atomic E-state index is 0.0282. The second kappa shape index (κ2) is 20.3. The van der Waals surface area contributed by atoms with E-state index in [2.05, 4.69) is 9.47 Å². The van der Waals surface area contributed by atoms with E-state index in [1.54, 1.807) is 53.7 Å². The van der Waals surface area contributed by atoms with Gasteiger partial charge in [-0.15, -0.1) is 26.3 Å². The average molecular weight is 863 g/mol. The van der Waals surface area contributed by atoms with Crippen LogP contribution in [-0.2, 0) is 23.8 Å². The highest BCUT2D eigenvalue weighted by atomic mass is 19.4. The molecule has 0 fully saturated rings. The Labute approximate surface area is 345 Å². The number of methoxy groups -OCH3 is 1. The van der Waals surface area contributed by atoms with Gasteiger partial charge in [-0.2, -0.15) is 0 Å². The van der Waals surface area contributed by atoms with Gasteiger partial charge in [0.05, 0.1) is 7.11 Å². The third-order valence-electron chi connectivity index (χ3n) is 6.90. The molecule has 18 heteroatoms. The Morgan fingerprint density at radius 1 is 0.525 bits per heavy atom. The van der Waals surface area contributed by atoms with Crippen LogP contribution in [0.5, 0.6) is 34.5 Å². The van der Waals surface area contributed by atoms with Crippen molar-refractivity contribution in [2.24, 2.45) is 0 Å². The Bertz CT molecular complexity index is 2210. The molecule has 0 bridgehead atoms. The van der Waals surface area contributed by atoms with Crippen LogP contribution in [0.1, 0.15) is 73.4 Å². The van der Waals surface area contributed by atoms with Gasteiger partial charge in [0.2, 0.25) is 0 Å². The van der Waals surface area contributed by atoms with E-state index in [0.29, 0.717) is 5.56 Å². The molecule has 61 heavy (non-hydrogen) atoms. The summed E-state index contributed by atoms with van der Waals surface area (Å²) < 4.78 is 107. The van der Waals surface area contributed by atoms with E-state index >= 15 is 0 Å². The lowest BCUT2D eigenvalue weighted by Crippen LogP contribution is -2.22. The van der Waals surface area contributed by atoms with Crippen molar-refractivity contribution in [3.05, 3.63) is 119 Å². The molecule has 0 unspecified atom stereocenters. The fourth-order valence-corrected chi connectivity index (χ4v) is 4.75. The van der Waals surface area contributed by atoms with Gasteiger partial charge in [0, 0.05) is 12.2 Å². The van der Waals surface area contributed by atoms with Crippen molar-refractivity contribution in [2.45, 2.75) is 65.5 Å². The number of rotatable bonds is 12. The third-order valence-corrected chi connectivity index (χ3v) is 6.90. The van der Waals surface area contributed by atoms with Gasteiger partial charge >= 0.3 is 36.6 Å². The number of carbonyl (C=O) groups is 4. The molecule has 0 heterocycles. The minimum atomic E-state index is -4.83. The summed E-state index contributed by atoms with van der Waals surface area (Å²) in [6.07, 6.45) is -4.71. The first-order valence-electron chi connectivity index (χ1n) is 17.7. The number of carbonyl (C=O) groups excluding carboxylic acids is 3. The smallest absolute Gasteiger partial charge is 0.478 e. The lowest BCUT2D eigenvalue weighted by atomic mass is 10.1. The zero-order valence-corrected chi connectivity index (χ0v) is 33.6. The standard InChI is InChI=1S/C22H21F3O6.C21H19F3O6/c1-21(2,3)31-18(26)13-8-14-6-5-7-17(19(14)20(27)28-4)29-15-9-11-16(12-10-15)30-22(23,24)25;1-20(2,3)30-17(25)12-7-13-5-4-6-16(18(13)19(26)27)28-14-8-10-15(11-9-14)29-21(22,23)24/h5-13H,1-4H3;4-12H,1-3H3,(H,26,27)/b13-8+;12-7+. The first-order valence-corrected chi connectivity index (χ1v) is 17.7. The normalized spacial score (nSPS) is 11.9. The number of hydrogen-bond donors (Lipinski definition) is 1. The van der Waals surface area contributed by atoms with Gasteiger partial charge in [-0.25, -0.2) is 19.2 Å². The maximum Gasteiger partial charge on any atom is 0.573 e. The zero-order valence-electron chi connectivity index (χ0n) is 33.6. The van der Waals surface area contributed by atoms with Crippen LogP contribution < -0.4 is 18.9 Å². The topological polar surface area (TPSA) is 153 Å². The first-order chi connectivity index (χ1) is 28.2. The Kier molecular flexibility index (Phi) is 16.1. The molecule has 0 saturated carbocycles. The Morgan fingerprint density at radius 3 is 1.20 bits per heavy atom. The fourth-order valence-electron chi connectivity index (χ4n) is 4.75. The molecule has 326 valence electrons. The summed E-state index contributed by atoms with van der Waals surface area (Å²) in [6, 6.07) is 18.1. The lowest BCUT2D eigenvalue weighted by Gasteiger charge is -2.18. The van der Waals surface area contributed by atoms with E-state index in [4.69, 9.17) is 23.7 Å². The summed E-state index contributed by atoms with van der Waals surface area (Å²) in [7, 11) is 1.18. The number of carboxylic acids is 1. The van der Waals surface area contributed by atoms with Gasteiger partial charge in [-0.1, -0.05) is 24.3 Å². The first kappa shape index (κ1) is 48.4. The monoisotopic (exact) mass is 862 g/mol. The molecule has 0 aromatic heterocycles. The van der Waals surface area contributed by atoms with Crippen LogP contribution in [0.25, 0.3) is 12.2 Å². The molecule has 0 aliphatic rings. The second-order valence-electron chi connectivity index (χ2n) is 14.2. The van der Waals surface area contributed by atoms with Crippen LogP contribution in [0.2, 0.25) is 0 Å². The van der Waals surface area contributed by atoms with Crippen molar-refractivity contribution >= 4 is 36.0 Å². The molecule has 0 amide bonds. The van der Waals surface area contributed by atoms with E-state index < -0.39 is 59.3 Å². The predicted octanol–water partition coefficient (Wildman–Crippen LogP) is 10.9. The average Bonchev–Trinajstić information content (AvgIpc) is 3.12. The van der Waals surface area contributed by atoms with E-state index in [1.165, 1.54) is 73.9 Å². The van der Waals surface area contributed by atoms with Crippen LogP contribution in [0.15, 0.2) is 97.1 Å². The summed E-state index contributed by atoms with van der Waals surface area (Å²) in [5.41, 5.74) is -1.08. The lowest BCUT2D eigenvalue weighted by molar-refractivity contribution is -0.275. The number of halogens is 6. The van der Waals surface area contributed by atoms with E-state index in [1.807, 2.05) is 0 Å². The minimum Gasteiger partial charge on any atom is -0.478 e. The SMILES string of the molecule is CC(C)(C)OC(=O)/C=C/c1cccc(Oc2ccc(OC(F)(F)F)cc2)c1C(=O)O.COC(=O)c1c(/C=C/C(=O)OC(C)(C)C)cccc1Oc1ccc(OC(F)(F)F)cc1. The predicted molar refractivity (Wildman–Crippen MR) is 207 cm³/mol.